The maximum absolute atomic E-state index is 13.0. The number of thiocarbonyl (C=S) groups is 1. The van der Waals surface area contributed by atoms with Crippen molar-refractivity contribution in [2.24, 2.45) is 10.2 Å². The minimum absolute atomic E-state index is 0.0742. The molecule has 3 aromatic rings. The molecule has 29 heavy (non-hydrogen) atoms. The van der Waals surface area contributed by atoms with Crippen LogP contribution < -0.4 is 5.32 Å². The van der Waals surface area contributed by atoms with Gasteiger partial charge in [-0.2, -0.15) is 0 Å². The fourth-order valence-corrected chi connectivity index (χ4v) is 3.75. The lowest BCUT2D eigenvalue weighted by atomic mass is 10.1. The van der Waals surface area contributed by atoms with Gasteiger partial charge in [0.15, 0.2) is 5.69 Å². The number of halogens is 1. The molecular weight excluding hydrogens is 389 g/mol. The van der Waals surface area contributed by atoms with Crippen LogP contribution in [0.3, 0.4) is 0 Å². The van der Waals surface area contributed by atoms with E-state index < -0.39 is 0 Å². The summed E-state index contributed by atoms with van der Waals surface area (Å²) in [6.45, 7) is 2.66. The van der Waals surface area contributed by atoms with Gasteiger partial charge in [-0.15, -0.1) is 10.2 Å². The van der Waals surface area contributed by atoms with Gasteiger partial charge in [0.2, 0.25) is 11.0 Å². The van der Waals surface area contributed by atoms with Crippen LogP contribution in [0.5, 0.6) is 5.88 Å². The molecule has 1 fully saturated rings. The Morgan fingerprint density at radius 2 is 1.79 bits per heavy atom. The third-order valence-electron chi connectivity index (χ3n) is 5.04. The topological polar surface area (TPSA) is 65.2 Å². The van der Waals surface area contributed by atoms with Gasteiger partial charge in [-0.25, -0.2) is 4.39 Å². The van der Waals surface area contributed by atoms with Crippen LogP contribution in [0, 0.1) is 5.82 Å². The summed E-state index contributed by atoms with van der Waals surface area (Å²) in [6.07, 6.45) is 3.61. The molecule has 2 aromatic carbocycles. The molecule has 0 radical (unpaired) electrons. The van der Waals surface area contributed by atoms with Crippen molar-refractivity contribution in [1.29, 1.82) is 0 Å². The van der Waals surface area contributed by atoms with Crippen molar-refractivity contribution in [3.05, 3.63) is 54.3 Å². The average molecular weight is 412 g/mol. The highest BCUT2D eigenvalue weighted by Gasteiger charge is 2.19. The molecule has 1 aromatic heterocycles. The number of likely N-dealkylation sites (tertiary alicyclic amines) is 1. The van der Waals surface area contributed by atoms with E-state index in [2.05, 4.69) is 20.4 Å². The van der Waals surface area contributed by atoms with Crippen molar-refractivity contribution in [3.63, 3.8) is 0 Å². The Morgan fingerprint density at radius 1 is 1.07 bits per heavy atom. The smallest absolute Gasteiger partial charge is 0.221 e. The summed E-state index contributed by atoms with van der Waals surface area (Å²) in [5.74, 6) is -0.250. The zero-order valence-electron chi connectivity index (χ0n) is 15.9. The number of hydrogen-bond acceptors (Lipinski definition) is 4. The highest BCUT2D eigenvalue weighted by atomic mass is 32.1. The molecule has 1 saturated heterocycles. The molecule has 0 unspecified atom stereocenters. The monoisotopic (exact) mass is 411 g/mol. The zero-order chi connectivity index (χ0) is 20.2. The first-order chi connectivity index (χ1) is 14.1. The molecule has 0 saturated carbocycles. The third-order valence-corrected chi connectivity index (χ3v) is 5.23. The van der Waals surface area contributed by atoms with Gasteiger partial charge in [0, 0.05) is 11.1 Å². The molecule has 2 heterocycles. The van der Waals surface area contributed by atoms with Gasteiger partial charge in [0.05, 0.1) is 12.2 Å². The standard InChI is InChI=1S/C21H22FN5OS/c22-15-8-10-16(11-9-15)23-21(29)25-24-19-17-6-2-3-7-18(17)27(20(19)28)14-26-12-4-1-5-13-26/h2-3,6-11,28H,1,4-5,12-14H2,(H,23,29). The molecule has 150 valence electrons. The van der Waals surface area contributed by atoms with E-state index >= 15 is 0 Å². The fraction of sp³-hybridized carbons (Fsp3) is 0.286. The second-order valence-electron chi connectivity index (χ2n) is 7.07. The van der Waals surface area contributed by atoms with E-state index in [1.54, 1.807) is 12.1 Å². The summed E-state index contributed by atoms with van der Waals surface area (Å²) < 4.78 is 14.9. The van der Waals surface area contributed by atoms with E-state index in [1.165, 1.54) is 31.4 Å². The summed E-state index contributed by atoms with van der Waals surface area (Å²) in [5, 5.41) is 23.0. The minimum atomic E-state index is -0.325. The Bertz CT molecular complexity index is 1040. The minimum Gasteiger partial charge on any atom is -0.493 e. The van der Waals surface area contributed by atoms with E-state index in [4.69, 9.17) is 12.2 Å². The molecule has 0 bridgehead atoms. The molecule has 0 amide bonds. The second kappa shape index (κ2) is 8.67. The number of para-hydroxylation sites is 1. The van der Waals surface area contributed by atoms with E-state index in [0.29, 0.717) is 18.0 Å². The van der Waals surface area contributed by atoms with Crippen molar-refractivity contribution in [2.45, 2.75) is 25.9 Å². The molecule has 1 aliphatic heterocycles. The number of nitrogens with zero attached hydrogens (tertiary/aromatic N) is 4. The second-order valence-corrected chi connectivity index (χ2v) is 7.46. The number of aromatic nitrogens is 1. The molecular formula is C21H22FN5OS. The van der Waals surface area contributed by atoms with Crippen LogP contribution in [-0.4, -0.2) is 32.8 Å². The van der Waals surface area contributed by atoms with E-state index in [-0.39, 0.29) is 16.8 Å². The van der Waals surface area contributed by atoms with Crippen LogP contribution in [0.15, 0.2) is 58.8 Å². The van der Waals surface area contributed by atoms with E-state index in [9.17, 15) is 9.50 Å². The summed E-state index contributed by atoms with van der Waals surface area (Å²) in [6, 6.07) is 13.5. The van der Waals surface area contributed by atoms with Gasteiger partial charge in [-0.3, -0.25) is 9.47 Å². The normalized spacial score (nSPS) is 15.2. The Hall–Kier alpha value is -2.84. The number of benzene rings is 2. The number of hydrogen-bond donors (Lipinski definition) is 2. The first kappa shape index (κ1) is 19.5. The van der Waals surface area contributed by atoms with Crippen molar-refractivity contribution in [2.75, 3.05) is 18.4 Å². The number of fused-ring (bicyclic) bond motifs is 1. The maximum atomic E-state index is 13.0. The Morgan fingerprint density at radius 3 is 2.55 bits per heavy atom. The summed E-state index contributed by atoms with van der Waals surface area (Å²) in [7, 11) is 0. The molecule has 1 aliphatic rings. The lowest BCUT2D eigenvalue weighted by Crippen LogP contribution is -2.31. The van der Waals surface area contributed by atoms with Gasteiger partial charge in [-0.1, -0.05) is 24.6 Å². The van der Waals surface area contributed by atoms with Crippen LogP contribution in [-0.2, 0) is 6.67 Å². The Labute approximate surface area is 173 Å². The Balaban J connectivity index is 1.58. The quantitative estimate of drug-likeness (QED) is 0.445. The molecule has 6 nitrogen and oxygen atoms in total. The molecule has 8 heteroatoms. The summed E-state index contributed by atoms with van der Waals surface area (Å²) in [4.78, 5) is 2.33. The van der Waals surface area contributed by atoms with E-state index in [0.717, 1.165) is 24.0 Å². The SMILES string of the molecule is Oc1c(N=NC(=S)Nc2ccc(F)cc2)c2ccccc2n1CN1CCCCC1. The number of azo groups is 1. The van der Waals surface area contributed by atoms with Gasteiger partial charge in [0.1, 0.15) is 5.82 Å². The molecule has 0 spiro atoms. The highest BCUT2D eigenvalue weighted by Crippen LogP contribution is 2.39. The number of aromatic hydroxyl groups is 1. The average Bonchev–Trinajstić information content (AvgIpc) is 3.00. The van der Waals surface area contributed by atoms with Gasteiger partial charge in [-0.05, 0) is 68.5 Å². The van der Waals surface area contributed by atoms with Crippen molar-refractivity contribution >= 4 is 39.6 Å². The van der Waals surface area contributed by atoms with Gasteiger partial charge >= 0.3 is 0 Å². The van der Waals surface area contributed by atoms with Crippen LogP contribution in [0.25, 0.3) is 10.9 Å². The summed E-state index contributed by atoms with van der Waals surface area (Å²) >= 11 is 5.21. The first-order valence-electron chi connectivity index (χ1n) is 9.62. The van der Waals surface area contributed by atoms with Crippen LogP contribution in [0.2, 0.25) is 0 Å². The highest BCUT2D eigenvalue weighted by molar-refractivity contribution is 7.80. The zero-order valence-corrected chi connectivity index (χ0v) is 16.7. The van der Waals surface area contributed by atoms with Crippen LogP contribution in [0.1, 0.15) is 19.3 Å². The molecule has 0 aliphatic carbocycles. The van der Waals surface area contributed by atoms with Crippen LogP contribution >= 0.6 is 12.2 Å². The predicted octanol–water partition coefficient (Wildman–Crippen LogP) is 5.41. The maximum Gasteiger partial charge on any atom is 0.221 e. The first-order valence-corrected chi connectivity index (χ1v) is 10.0. The fourth-order valence-electron chi connectivity index (χ4n) is 3.59. The largest absolute Gasteiger partial charge is 0.493 e. The predicted molar refractivity (Wildman–Crippen MR) is 116 cm³/mol. The molecule has 0 atom stereocenters. The van der Waals surface area contributed by atoms with E-state index in [1.807, 2.05) is 28.8 Å². The van der Waals surface area contributed by atoms with Gasteiger partial charge in [0.25, 0.3) is 0 Å². The number of nitrogens with one attached hydrogen (secondary N) is 1. The van der Waals surface area contributed by atoms with Crippen molar-refractivity contribution < 1.29 is 9.50 Å². The number of rotatable bonds is 4. The molecule has 4 rings (SSSR count). The lowest BCUT2D eigenvalue weighted by molar-refractivity contribution is 0.178. The van der Waals surface area contributed by atoms with Gasteiger partial charge < -0.3 is 10.4 Å². The third kappa shape index (κ3) is 4.44. The molecule has 2 N–H and O–H groups in total. The van der Waals surface area contributed by atoms with Crippen molar-refractivity contribution in [3.8, 4) is 5.88 Å². The number of piperidine rings is 1. The summed E-state index contributed by atoms with van der Waals surface area (Å²) in [5.41, 5.74) is 1.91. The number of anilines is 1. The van der Waals surface area contributed by atoms with Crippen molar-refractivity contribution in [1.82, 2.24) is 9.47 Å². The Kier molecular flexibility index (Phi) is 5.82. The lowest BCUT2D eigenvalue weighted by Gasteiger charge is -2.27. The van der Waals surface area contributed by atoms with Crippen LogP contribution in [0.4, 0.5) is 15.8 Å².